The van der Waals surface area contributed by atoms with Crippen LogP contribution in [-0.2, 0) is 11.4 Å². The summed E-state index contributed by atoms with van der Waals surface area (Å²) in [5, 5.41) is 3.56. The molecule has 1 heterocycles. The van der Waals surface area contributed by atoms with Gasteiger partial charge in [-0.2, -0.15) is 0 Å². The van der Waals surface area contributed by atoms with Crippen molar-refractivity contribution in [2.24, 2.45) is 0 Å². The number of amides is 3. The first-order valence-electron chi connectivity index (χ1n) is 9.62. The van der Waals surface area contributed by atoms with Gasteiger partial charge in [0.1, 0.15) is 12.3 Å². The third kappa shape index (κ3) is 4.75. The molecule has 1 aliphatic heterocycles. The molecule has 0 atom stereocenters. The smallest absolute Gasteiger partial charge is 0.333 e. The summed E-state index contributed by atoms with van der Waals surface area (Å²) in [5.41, 5.74) is 3.15. The number of anilines is 1. The van der Waals surface area contributed by atoms with E-state index in [1.54, 1.807) is 30.3 Å². The summed E-state index contributed by atoms with van der Waals surface area (Å²) in [6, 6.07) is 17.1. The SMILES string of the molecule is Cc1ccc(COc2c(Cl)cc(/C=C3/NC(=O)N(c4cccc(Cl)c4)C3=O)cc2Cl)cc1. The molecule has 3 aromatic rings. The van der Waals surface area contributed by atoms with Crippen LogP contribution in [0, 0.1) is 6.92 Å². The van der Waals surface area contributed by atoms with E-state index in [1.165, 1.54) is 12.1 Å². The van der Waals surface area contributed by atoms with Gasteiger partial charge < -0.3 is 10.1 Å². The van der Waals surface area contributed by atoms with Gasteiger partial charge in [-0.1, -0.05) is 70.7 Å². The molecule has 3 amide bonds. The largest absolute Gasteiger partial charge is 0.486 e. The maximum Gasteiger partial charge on any atom is 0.333 e. The fourth-order valence-corrected chi connectivity index (χ4v) is 3.99. The van der Waals surface area contributed by atoms with E-state index in [9.17, 15) is 9.59 Å². The summed E-state index contributed by atoms with van der Waals surface area (Å²) in [5.74, 6) is -0.164. The Morgan fingerprint density at radius 2 is 1.66 bits per heavy atom. The molecule has 162 valence electrons. The lowest BCUT2D eigenvalue weighted by Gasteiger charge is -2.12. The number of imide groups is 1. The van der Waals surface area contributed by atoms with Crippen molar-refractivity contribution in [1.82, 2.24) is 5.32 Å². The van der Waals surface area contributed by atoms with Crippen molar-refractivity contribution in [3.05, 3.63) is 98.1 Å². The minimum absolute atomic E-state index is 0.0930. The number of rotatable bonds is 5. The highest BCUT2D eigenvalue weighted by atomic mass is 35.5. The predicted octanol–water partition coefficient (Wildman–Crippen LogP) is 6.63. The van der Waals surface area contributed by atoms with E-state index < -0.39 is 11.9 Å². The van der Waals surface area contributed by atoms with Gasteiger partial charge >= 0.3 is 6.03 Å². The summed E-state index contributed by atoms with van der Waals surface area (Å²) >= 11 is 18.7. The van der Waals surface area contributed by atoms with Gasteiger partial charge in [-0.3, -0.25) is 4.79 Å². The van der Waals surface area contributed by atoms with Crippen molar-refractivity contribution in [1.29, 1.82) is 0 Å². The van der Waals surface area contributed by atoms with Crippen molar-refractivity contribution < 1.29 is 14.3 Å². The van der Waals surface area contributed by atoms with Crippen molar-refractivity contribution in [3.8, 4) is 5.75 Å². The highest BCUT2D eigenvalue weighted by Crippen LogP contribution is 2.36. The third-order valence-corrected chi connectivity index (χ3v) is 5.58. The Morgan fingerprint density at radius 3 is 2.31 bits per heavy atom. The van der Waals surface area contributed by atoms with E-state index in [2.05, 4.69) is 5.32 Å². The lowest BCUT2D eigenvalue weighted by Crippen LogP contribution is -2.30. The monoisotopic (exact) mass is 486 g/mol. The Kier molecular flexibility index (Phi) is 6.42. The molecule has 5 nitrogen and oxygen atoms in total. The average Bonchev–Trinajstić information content (AvgIpc) is 3.01. The predicted molar refractivity (Wildman–Crippen MR) is 127 cm³/mol. The number of carbonyl (C=O) groups excluding carboxylic acids is 2. The summed E-state index contributed by atoms with van der Waals surface area (Å²) in [7, 11) is 0. The van der Waals surface area contributed by atoms with E-state index >= 15 is 0 Å². The second-order valence-corrected chi connectivity index (χ2v) is 8.45. The van der Waals surface area contributed by atoms with Crippen LogP contribution in [-0.4, -0.2) is 11.9 Å². The van der Waals surface area contributed by atoms with Crippen molar-refractivity contribution >= 4 is 58.5 Å². The van der Waals surface area contributed by atoms with Crippen LogP contribution in [0.15, 0.2) is 66.4 Å². The molecule has 4 rings (SSSR count). The molecule has 32 heavy (non-hydrogen) atoms. The van der Waals surface area contributed by atoms with Crippen LogP contribution in [0.25, 0.3) is 6.08 Å². The first-order valence-corrected chi connectivity index (χ1v) is 10.8. The van der Waals surface area contributed by atoms with E-state index in [4.69, 9.17) is 39.5 Å². The number of hydrogen-bond acceptors (Lipinski definition) is 3. The number of nitrogens with one attached hydrogen (secondary N) is 1. The van der Waals surface area contributed by atoms with E-state index in [1.807, 2.05) is 31.2 Å². The molecule has 0 unspecified atom stereocenters. The highest BCUT2D eigenvalue weighted by molar-refractivity contribution is 6.37. The quantitative estimate of drug-likeness (QED) is 0.324. The van der Waals surface area contributed by atoms with Crippen LogP contribution in [0.2, 0.25) is 15.1 Å². The summed E-state index contributed by atoms with van der Waals surface area (Å²) < 4.78 is 5.80. The van der Waals surface area contributed by atoms with Crippen LogP contribution < -0.4 is 15.0 Å². The lowest BCUT2D eigenvalue weighted by molar-refractivity contribution is -0.113. The molecule has 1 fully saturated rings. The lowest BCUT2D eigenvalue weighted by atomic mass is 10.1. The maximum atomic E-state index is 12.8. The van der Waals surface area contributed by atoms with E-state index in [0.29, 0.717) is 38.7 Å². The molecule has 0 spiro atoms. The van der Waals surface area contributed by atoms with E-state index in [0.717, 1.165) is 16.0 Å². The minimum atomic E-state index is -0.571. The maximum absolute atomic E-state index is 12.8. The second kappa shape index (κ2) is 9.25. The zero-order valence-electron chi connectivity index (χ0n) is 16.9. The van der Waals surface area contributed by atoms with Crippen molar-refractivity contribution in [2.75, 3.05) is 4.90 Å². The Hall–Kier alpha value is -2.99. The molecule has 0 saturated carbocycles. The van der Waals surface area contributed by atoms with Gasteiger partial charge in [0.25, 0.3) is 5.91 Å². The molecule has 0 bridgehead atoms. The number of ether oxygens (including phenoxy) is 1. The molecule has 1 N–H and O–H groups in total. The molecule has 1 saturated heterocycles. The van der Waals surface area contributed by atoms with Gasteiger partial charge in [-0.15, -0.1) is 0 Å². The topological polar surface area (TPSA) is 58.6 Å². The Bertz CT molecular complexity index is 1220. The Morgan fingerprint density at radius 1 is 0.969 bits per heavy atom. The van der Waals surface area contributed by atoms with Crippen LogP contribution >= 0.6 is 34.8 Å². The van der Waals surface area contributed by atoms with Gasteiger partial charge in [0.15, 0.2) is 5.75 Å². The molecular weight excluding hydrogens is 471 g/mol. The van der Waals surface area contributed by atoms with Gasteiger partial charge in [0, 0.05) is 5.02 Å². The Balaban J connectivity index is 1.54. The van der Waals surface area contributed by atoms with Gasteiger partial charge in [0.05, 0.1) is 15.7 Å². The fourth-order valence-electron chi connectivity index (χ4n) is 3.19. The van der Waals surface area contributed by atoms with Crippen LogP contribution in [0.1, 0.15) is 16.7 Å². The van der Waals surface area contributed by atoms with Crippen molar-refractivity contribution in [2.45, 2.75) is 13.5 Å². The summed E-state index contributed by atoms with van der Waals surface area (Å²) in [6.07, 6.45) is 1.51. The number of hydrogen-bond donors (Lipinski definition) is 1. The third-order valence-electron chi connectivity index (χ3n) is 4.78. The molecule has 8 heteroatoms. The Labute approximate surface area is 200 Å². The highest BCUT2D eigenvalue weighted by Gasteiger charge is 2.35. The number of carbonyl (C=O) groups is 2. The molecule has 3 aromatic carbocycles. The number of urea groups is 1. The van der Waals surface area contributed by atoms with Crippen LogP contribution in [0.4, 0.5) is 10.5 Å². The zero-order chi connectivity index (χ0) is 22.8. The molecule has 1 aliphatic rings. The van der Waals surface area contributed by atoms with Gasteiger partial charge in [-0.05, 0) is 54.5 Å². The summed E-state index contributed by atoms with van der Waals surface area (Å²) in [4.78, 5) is 26.2. The molecule has 0 aliphatic carbocycles. The van der Waals surface area contributed by atoms with Crippen LogP contribution in [0.3, 0.4) is 0 Å². The zero-order valence-corrected chi connectivity index (χ0v) is 19.1. The number of nitrogens with zero attached hydrogens (tertiary/aromatic N) is 1. The summed E-state index contributed by atoms with van der Waals surface area (Å²) in [6.45, 7) is 2.32. The average molecular weight is 488 g/mol. The fraction of sp³-hybridized carbons (Fsp3) is 0.0833. The number of halogens is 3. The van der Waals surface area contributed by atoms with Gasteiger partial charge in [-0.25, -0.2) is 9.69 Å². The second-order valence-electron chi connectivity index (χ2n) is 7.20. The van der Waals surface area contributed by atoms with E-state index in [-0.39, 0.29) is 5.70 Å². The van der Waals surface area contributed by atoms with Crippen LogP contribution in [0.5, 0.6) is 5.75 Å². The molecule has 0 aromatic heterocycles. The van der Waals surface area contributed by atoms with Gasteiger partial charge in [0.2, 0.25) is 0 Å². The number of benzene rings is 3. The first-order chi connectivity index (χ1) is 15.3. The number of aryl methyl sites for hydroxylation is 1. The first kappa shape index (κ1) is 22.2. The molecular formula is C24H17Cl3N2O3. The van der Waals surface area contributed by atoms with Crippen molar-refractivity contribution in [3.63, 3.8) is 0 Å². The molecule has 0 radical (unpaired) electrons. The minimum Gasteiger partial charge on any atom is -0.486 e. The standard InChI is InChI=1S/C24H17Cl3N2O3/c1-14-5-7-15(8-6-14)13-32-22-19(26)9-16(10-20(22)27)11-21-23(30)29(24(31)28-21)18-4-2-3-17(25)12-18/h2-12H,13H2,1H3,(H,28,31)/b21-11+. The normalized spacial score (nSPS) is 14.8.